The molecule has 3 aromatic rings. The monoisotopic (exact) mass is 277 g/mol. The lowest BCUT2D eigenvalue weighted by Crippen LogP contribution is -2.02. The molecule has 21 heavy (non-hydrogen) atoms. The molecule has 0 N–H and O–H groups in total. The molecule has 4 rings (SSSR count). The predicted octanol–water partition coefficient (Wildman–Crippen LogP) is 3.09. The summed E-state index contributed by atoms with van der Waals surface area (Å²) in [5.41, 5.74) is 3.71. The van der Waals surface area contributed by atoms with Gasteiger partial charge in [0.25, 0.3) is 0 Å². The third-order valence-corrected chi connectivity index (χ3v) is 3.87. The number of aryl methyl sites for hydroxylation is 2. The predicted molar refractivity (Wildman–Crippen MR) is 80.1 cm³/mol. The van der Waals surface area contributed by atoms with E-state index < -0.39 is 0 Å². The molecule has 0 aliphatic heterocycles. The quantitative estimate of drug-likeness (QED) is 0.738. The number of rotatable bonds is 3. The molecule has 0 fully saturated rings. The highest BCUT2D eigenvalue weighted by molar-refractivity contribution is 5.75. The highest BCUT2D eigenvalue weighted by atomic mass is 16.5. The third-order valence-electron chi connectivity index (χ3n) is 3.87. The maximum atomic E-state index is 5.82. The number of hydrogen-bond acceptors (Lipinski definition) is 4. The number of pyridine rings is 1. The van der Waals surface area contributed by atoms with E-state index in [0.29, 0.717) is 12.4 Å². The van der Waals surface area contributed by atoms with Gasteiger partial charge in [0.05, 0.1) is 11.7 Å². The van der Waals surface area contributed by atoms with Crippen molar-refractivity contribution in [1.82, 2.24) is 15.0 Å². The molecule has 104 valence electrons. The average molecular weight is 277 g/mol. The Morgan fingerprint density at radius 2 is 2.00 bits per heavy atom. The molecular weight excluding hydrogens is 262 g/mol. The number of aromatic nitrogens is 3. The van der Waals surface area contributed by atoms with Gasteiger partial charge in [-0.15, -0.1) is 0 Å². The molecule has 0 amide bonds. The van der Waals surface area contributed by atoms with Crippen molar-refractivity contribution in [3.63, 3.8) is 0 Å². The Hall–Kier alpha value is -2.49. The van der Waals surface area contributed by atoms with Crippen LogP contribution < -0.4 is 4.74 Å². The van der Waals surface area contributed by atoms with Crippen LogP contribution in [0.15, 0.2) is 42.9 Å². The summed E-state index contributed by atoms with van der Waals surface area (Å²) in [6, 6.07) is 8.25. The molecule has 0 spiro atoms. The zero-order chi connectivity index (χ0) is 14.1. The van der Waals surface area contributed by atoms with Crippen LogP contribution in [0.5, 0.6) is 5.75 Å². The standard InChI is InChI=1S/C17H15N3O/c1-2-12-4-5-15(8-13(12)3-1)21-11-17-19-9-14-6-7-18-10-16(14)20-17/h4-10H,1-3,11H2. The fourth-order valence-electron chi connectivity index (χ4n) is 2.77. The van der Waals surface area contributed by atoms with E-state index in [1.54, 1.807) is 12.4 Å². The van der Waals surface area contributed by atoms with Gasteiger partial charge < -0.3 is 4.74 Å². The van der Waals surface area contributed by atoms with Crippen LogP contribution in [0.3, 0.4) is 0 Å². The molecular formula is C17H15N3O. The Labute approximate surface area is 122 Å². The zero-order valence-electron chi connectivity index (χ0n) is 11.6. The molecule has 0 saturated carbocycles. The lowest BCUT2D eigenvalue weighted by atomic mass is 10.1. The van der Waals surface area contributed by atoms with E-state index in [4.69, 9.17) is 4.74 Å². The lowest BCUT2D eigenvalue weighted by Gasteiger charge is -2.07. The molecule has 2 aromatic heterocycles. The van der Waals surface area contributed by atoms with Gasteiger partial charge in [-0.05, 0) is 48.6 Å². The van der Waals surface area contributed by atoms with E-state index in [1.165, 1.54) is 24.0 Å². The fraction of sp³-hybridized carbons (Fsp3) is 0.235. The second-order valence-corrected chi connectivity index (χ2v) is 5.29. The Balaban J connectivity index is 1.52. The van der Waals surface area contributed by atoms with Gasteiger partial charge in [0.1, 0.15) is 12.4 Å². The maximum absolute atomic E-state index is 5.82. The van der Waals surface area contributed by atoms with Gasteiger partial charge in [0.2, 0.25) is 0 Å². The van der Waals surface area contributed by atoms with Crippen molar-refractivity contribution in [2.75, 3.05) is 0 Å². The highest BCUT2D eigenvalue weighted by Crippen LogP contribution is 2.26. The summed E-state index contributed by atoms with van der Waals surface area (Å²) in [5.74, 6) is 1.57. The van der Waals surface area contributed by atoms with E-state index in [2.05, 4.69) is 27.1 Å². The van der Waals surface area contributed by atoms with E-state index in [9.17, 15) is 0 Å². The normalized spacial score (nSPS) is 13.3. The van der Waals surface area contributed by atoms with Crippen LogP contribution in [0.2, 0.25) is 0 Å². The van der Waals surface area contributed by atoms with E-state index in [0.717, 1.165) is 23.1 Å². The molecule has 4 nitrogen and oxygen atoms in total. The Morgan fingerprint density at radius 1 is 1.05 bits per heavy atom. The van der Waals surface area contributed by atoms with Crippen LogP contribution in [0.25, 0.3) is 10.9 Å². The Kier molecular flexibility index (Phi) is 2.99. The Bertz CT molecular complexity index is 801. The van der Waals surface area contributed by atoms with Gasteiger partial charge >= 0.3 is 0 Å². The molecule has 1 aliphatic rings. The molecule has 0 atom stereocenters. The maximum Gasteiger partial charge on any atom is 0.166 e. The number of fused-ring (bicyclic) bond motifs is 2. The Morgan fingerprint density at radius 3 is 3.00 bits per heavy atom. The number of nitrogens with zero attached hydrogens (tertiary/aromatic N) is 3. The summed E-state index contributed by atoms with van der Waals surface area (Å²) < 4.78 is 5.82. The van der Waals surface area contributed by atoms with Crippen molar-refractivity contribution < 1.29 is 4.74 Å². The molecule has 0 bridgehead atoms. The van der Waals surface area contributed by atoms with Crippen LogP contribution in [0.4, 0.5) is 0 Å². The minimum absolute atomic E-state index is 0.379. The minimum Gasteiger partial charge on any atom is -0.486 e. The highest BCUT2D eigenvalue weighted by Gasteiger charge is 2.11. The van der Waals surface area contributed by atoms with Gasteiger partial charge in [-0.3, -0.25) is 4.98 Å². The third kappa shape index (κ3) is 2.44. The van der Waals surface area contributed by atoms with E-state index in [1.807, 2.05) is 18.3 Å². The first-order valence-electron chi connectivity index (χ1n) is 7.19. The first kappa shape index (κ1) is 12.3. The summed E-state index contributed by atoms with van der Waals surface area (Å²) in [4.78, 5) is 12.9. The summed E-state index contributed by atoms with van der Waals surface area (Å²) >= 11 is 0. The summed E-state index contributed by atoms with van der Waals surface area (Å²) in [6.07, 6.45) is 8.90. The largest absolute Gasteiger partial charge is 0.486 e. The number of benzene rings is 1. The van der Waals surface area contributed by atoms with Gasteiger partial charge in [0, 0.05) is 17.8 Å². The van der Waals surface area contributed by atoms with Crippen molar-refractivity contribution in [1.29, 1.82) is 0 Å². The molecule has 0 saturated heterocycles. The number of hydrogen-bond donors (Lipinski definition) is 0. The van der Waals surface area contributed by atoms with Crippen molar-refractivity contribution in [3.8, 4) is 5.75 Å². The first-order valence-corrected chi connectivity index (χ1v) is 7.19. The van der Waals surface area contributed by atoms with Crippen molar-refractivity contribution in [3.05, 3.63) is 59.8 Å². The van der Waals surface area contributed by atoms with Crippen molar-refractivity contribution >= 4 is 10.9 Å². The van der Waals surface area contributed by atoms with Crippen LogP contribution in [0, 0.1) is 0 Å². The minimum atomic E-state index is 0.379. The second kappa shape index (κ2) is 5.13. The second-order valence-electron chi connectivity index (χ2n) is 5.29. The van der Waals surface area contributed by atoms with Gasteiger partial charge in [-0.25, -0.2) is 9.97 Å². The molecule has 4 heteroatoms. The first-order chi connectivity index (χ1) is 10.4. The topological polar surface area (TPSA) is 47.9 Å². The van der Waals surface area contributed by atoms with Gasteiger partial charge in [-0.2, -0.15) is 0 Å². The van der Waals surface area contributed by atoms with Gasteiger partial charge in [-0.1, -0.05) is 6.07 Å². The number of ether oxygens (including phenoxy) is 1. The molecule has 2 heterocycles. The summed E-state index contributed by atoms with van der Waals surface area (Å²) in [7, 11) is 0. The lowest BCUT2D eigenvalue weighted by molar-refractivity contribution is 0.296. The average Bonchev–Trinajstić information content (AvgIpc) is 3.00. The zero-order valence-corrected chi connectivity index (χ0v) is 11.6. The van der Waals surface area contributed by atoms with E-state index >= 15 is 0 Å². The van der Waals surface area contributed by atoms with Gasteiger partial charge in [0.15, 0.2) is 5.82 Å². The van der Waals surface area contributed by atoms with Crippen LogP contribution in [-0.2, 0) is 19.4 Å². The molecule has 1 aromatic carbocycles. The summed E-state index contributed by atoms with van der Waals surface area (Å²) in [5, 5.41) is 0.992. The molecule has 1 aliphatic carbocycles. The van der Waals surface area contributed by atoms with Crippen LogP contribution >= 0.6 is 0 Å². The molecule has 0 radical (unpaired) electrons. The van der Waals surface area contributed by atoms with Crippen LogP contribution in [-0.4, -0.2) is 15.0 Å². The SMILES string of the molecule is c1cc2cnc(COc3ccc4c(c3)CCC4)nc2cn1. The van der Waals surface area contributed by atoms with E-state index in [-0.39, 0.29) is 0 Å². The summed E-state index contributed by atoms with van der Waals surface area (Å²) in [6.45, 7) is 0.379. The smallest absolute Gasteiger partial charge is 0.166 e. The molecule has 0 unspecified atom stereocenters. The fourth-order valence-corrected chi connectivity index (χ4v) is 2.77. The van der Waals surface area contributed by atoms with Crippen molar-refractivity contribution in [2.24, 2.45) is 0 Å². The van der Waals surface area contributed by atoms with Crippen molar-refractivity contribution in [2.45, 2.75) is 25.9 Å². The van der Waals surface area contributed by atoms with Crippen LogP contribution in [0.1, 0.15) is 23.4 Å².